The normalized spacial score (nSPS) is 33.7. The topological polar surface area (TPSA) is 38.7 Å². The van der Waals surface area contributed by atoms with E-state index in [0.29, 0.717) is 24.3 Å². The van der Waals surface area contributed by atoms with Crippen LogP contribution in [0.15, 0.2) is 18.2 Å². The average Bonchev–Trinajstić information content (AvgIpc) is 2.29. The van der Waals surface area contributed by atoms with Crippen molar-refractivity contribution >= 4 is 0 Å². The Hall–Kier alpha value is -1.13. The van der Waals surface area contributed by atoms with Crippen molar-refractivity contribution in [2.24, 2.45) is 0 Å². The zero-order valence-electron chi connectivity index (χ0n) is 10.4. The second kappa shape index (κ2) is 4.21. The van der Waals surface area contributed by atoms with Crippen LogP contribution >= 0.6 is 0 Å². The molecule has 1 atom stereocenters. The fourth-order valence-electron chi connectivity index (χ4n) is 2.98. The van der Waals surface area contributed by atoms with Crippen LogP contribution < -0.4 is 4.74 Å². The summed E-state index contributed by atoms with van der Waals surface area (Å²) in [6, 6.07) is 4.32. The molecule has 4 heteroatoms. The smallest absolute Gasteiger partial charge is 0.126 e. The van der Waals surface area contributed by atoms with Crippen LogP contribution in [0.5, 0.6) is 5.75 Å². The van der Waals surface area contributed by atoms with Crippen LogP contribution in [0, 0.1) is 5.82 Å². The summed E-state index contributed by atoms with van der Waals surface area (Å²) in [7, 11) is 0. The summed E-state index contributed by atoms with van der Waals surface area (Å²) in [5, 5.41) is 10.1. The molecule has 1 aromatic rings. The van der Waals surface area contributed by atoms with Gasteiger partial charge >= 0.3 is 0 Å². The average molecular weight is 252 g/mol. The molecule has 0 amide bonds. The fourth-order valence-corrected chi connectivity index (χ4v) is 2.98. The number of ether oxygens (including phenoxy) is 2. The van der Waals surface area contributed by atoms with E-state index in [1.165, 1.54) is 12.1 Å². The first-order valence-electron chi connectivity index (χ1n) is 6.40. The Balaban J connectivity index is 1.79. The van der Waals surface area contributed by atoms with Gasteiger partial charge < -0.3 is 14.6 Å². The Morgan fingerprint density at radius 1 is 1.44 bits per heavy atom. The van der Waals surface area contributed by atoms with Crippen molar-refractivity contribution in [3.8, 4) is 5.75 Å². The summed E-state index contributed by atoms with van der Waals surface area (Å²) in [6.45, 7) is 2.67. The van der Waals surface area contributed by atoms with Gasteiger partial charge in [0.25, 0.3) is 0 Å². The van der Waals surface area contributed by atoms with Crippen LogP contribution in [0.4, 0.5) is 4.39 Å². The number of benzene rings is 1. The Kier molecular flexibility index (Phi) is 2.79. The van der Waals surface area contributed by atoms with E-state index in [-0.39, 0.29) is 17.5 Å². The molecule has 1 spiro atoms. The first-order valence-corrected chi connectivity index (χ1v) is 6.40. The molecule has 98 valence electrons. The molecule has 0 saturated heterocycles. The van der Waals surface area contributed by atoms with Gasteiger partial charge in [-0.3, -0.25) is 0 Å². The first kappa shape index (κ1) is 11.9. The molecule has 1 N–H and O–H groups in total. The maximum Gasteiger partial charge on any atom is 0.126 e. The Morgan fingerprint density at radius 2 is 2.22 bits per heavy atom. The molecule has 1 fully saturated rings. The van der Waals surface area contributed by atoms with E-state index in [4.69, 9.17) is 9.47 Å². The van der Waals surface area contributed by atoms with Gasteiger partial charge in [-0.2, -0.15) is 0 Å². The second-order valence-electron chi connectivity index (χ2n) is 5.17. The molecule has 1 aliphatic carbocycles. The van der Waals surface area contributed by atoms with Gasteiger partial charge in [0.1, 0.15) is 17.2 Å². The van der Waals surface area contributed by atoms with Crippen molar-refractivity contribution in [2.45, 2.75) is 44.0 Å². The molecule has 0 aromatic heterocycles. The van der Waals surface area contributed by atoms with Crippen LogP contribution in [0.25, 0.3) is 0 Å². The number of fused-ring (bicyclic) bond motifs is 1. The lowest BCUT2D eigenvalue weighted by Crippen LogP contribution is -2.55. The van der Waals surface area contributed by atoms with E-state index in [1.54, 1.807) is 6.07 Å². The number of hydrogen-bond acceptors (Lipinski definition) is 3. The molecule has 1 saturated carbocycles. The minimum Gasteiger partial charge on any atom is -0.487 e. The molecule has 18 heavy (non-hydrogen) atoms. The molecule has 1 aromatic carbocycles. The third-order valence-electron chi connectivity index (χ3n) is 3.82. The van der Waals surface area contributed by atoms with E-state index in [2.05, 4.69) is 0 Å². The van der Waals surface area contributed by atoms with Gasteiger partial charge in [-0.25, -0.2) is 4.39 Å². The van der Waals surface area contributed by atoms with Crippen molar-refractivity contribution in [1.82, 2.24) is 0 Å². The van der Waals surface area contributed by atoms with Crippen LogP contribution in [-0.4, -0.2) is 23.4 Å². The SMILES string of the molecule is CCOC1CC2(C1)C[C@@H](O)c1cc(F)ccc1O2. The van der Waals surface area contributed by atoms with Crippen LogP contribution in [0.1, 0.15) is 37.9 Å². The minimum absolute atomic E-state index is 0.226. The molecular formula is C14H17FO3. The van der Waals surface area contributed by atoms with Crippen LogP contribution in [0.3, 0.4) is 0 Å². The predicted octanol–water partition coefficient (Wildman–Crippen LogP) is 2.58. The van der Waals surface area contributed by atoms with Crippen LogP contribution in [0.2, 0.25) is 0 Å². The highest BCUT2D eigenvalue weighted by atomic mass is 19.1. The zero-order valence-corrected chi connectivity index (χ0v) is 10.4. The van der Waals surface area contributed by atoms with Gasteiger partial charge in [-0.15, -0.1) is 0 Å². The van der Waals surface area contributed by atoms with Crippen molar-refractivity contribution < 1.29 is 19.0 Å². The monoisotopic (exact) mass is 252 g/mol. The molecule has 0 bridgehead atoms. The van der Waals surface area contributed by atoms with Gasteiger partial charge in [0, 0.05) is 31.4 Å². The van der Waals surface area contributed by atoms with E-state index < -0.39 is 6.10 Å². The number of hydrogen-bond donors (Lipinski definition) is 1. The molecule has 2 aliphatic rings. The lowest BCUT2D eigenvalue weighted by Gasteiger charge is -2.50. The molecule has 1 aliphatic heterocycles. The lowest BCUT2D eigenvalue weighted by molar-refractivity contribution is -0.147. The minimum atomic E-state index is -0.646. The van der Waals surface area contributed by atoms with Crippen molar-refractivity contribution in [1.29, 1.82) is 0 Å². The summed E-state index contributed by atoms with van der Waals surface area (Å²) in [5.41, 5.74) is 0.241. The van der Waals surface area contributed by atoms with Crippen molar-refractivity contribution in [3.63, 3.8) is 0 Å². The predicted molar refractivity (Wildman–Crippen MR) is 64.0 cm³/mol. The molecule has 0 unspecified atom stereocenters. The van der Waals surface area contributed by atoms with E-state index in [9.17, 15) is 9.50 Å². The Labute approximate surface area is 106 Å². The van der Waals surface area contributed by atoms with Gasteiger partial charge in [-0.05, 0) is 25.1 Å². The number of halogens is 1. The number of rotatable bonds is 2. The molecule has 3 rings (SSSR count). The van der Waals surface area contributed by atoms with Gasteiger partial charge in [-0.1, -0.05) is 0 Å². The molecular weight excluding hydrogens is 235 g/mol. The summed E-state index contributed by atoms with van der Waals surface area (Å²) in [4.78, 5) is 0. The largest absolute Gasteiger partial charge is 0.487 e. The van der Waals surface area contributed by atoms with Crippen LogP contribution in [-0.2, 0) is 4.74 Å². The summed E-state index contributed by atoms with van der Waals surface area (Å²) in [5.74, 6) is 0.262. The first-order chi connectivity index (χ1) is 8.62. The lowest BCUT2D eigenvalue weighted by atomic mass is 9.71. The highest BCUT2D eigenvalue weighted by Gasteiger charge is 2.51. The molecule has 3 nitrogen and oxygen atoms in total. The van der Waals surface area contributed by atoms with Crippen molar-refractivity contribution in [3.05, 3.63) is 29.6 Å². The van der Waals surface area contributed by atoms with Gasteiger partial charge in [0.05, 0.1) is 12.2 Å². The molecule has 0 radical (unpaired) electrons. The Morgan fingerprint density at radius 3 is 2.94 bits per heavy atom. The maximum absolute atomic E-state index is 13.1. The second-order valence-corrected chi connectivity index (χ2v) is 5.17. The van der Waals surface area contributed by atoms with E-state index >= 15 is 0 Å². The summed E-state index contributed by atoms with van der Waals surface area (Å²) >= 11 is 0. The Bertz CT molecular complexity index is 454. The van der Waals surface area contributed by atoms with E-state index in [1.807, 2.05) is 6.92 Å². The maximum atomic E-state index is 13.1. The molecule has 1 heterocycles. The highest BCUT2D eigenvalue weighted by molar-refractivity contribution is 5.39. The van der Waals surface area contributed by atoms with Crippen molar-refractivity contribution in [2.75, 3.05) is 6.61 Å². The number of aliphatic hydroxyl groups is 1. The van der Waals surface area contributed by atoms with E-state index in [0.717, 1.165) is 12.8 Å². The number of aliphatic hydroxyl groups excluding tert-OH is 1. The summed E-state index contributed by atoms with van der Waals surface area (Å²) in [6.07, 6.45) is 1.70. The van der Waals surface area contributed by atoms with Gasteiger partial charge in [0.2, 0.25) is 0 Å². The quantitative estimate of drug-likeness (QED) is 0.879. The van der Waals surface area contributed by atoms with Gasteiger partial charge in [0.15, 0.2) is 0 Å². The fraction of sp³-hybridized carbons (Fsp3) is 0.571. The summed E-state index contributed by atoms with van der Waals surface area (Å²) < 4.78 is 24.6. The third kappa shape index (κ3) is 1.89. The highest BCUT2D eigenvalue weighted by Crippen LogP contribution is 2.49. The standard InChI is InChI=1S/C14H17FO3/c1-2-17-10-6-14(7-10)8-12(16)11-5-9(15)3-4-13(11)18-14/h3-5,10,12,16H,2,6-8H2,1H3/t10?,12-,14?/m1/s1. The zero-order chi connectivity index (χ0) is 12.8. The third-order valence-corrected chi connectivity index (χ3v) is 3.82.